The van der Waals surface area contributed by atoms with E-state index in [1.165, 1.54) is 6.07 Å². The van der Waals surface area contributed by atoms with Crippen molar-refractivity contribution in [3.63, 3.8) is 0 Å². The summed E-state index contributed by atoms with van der Waals surface area (Å²) in [6.45, 7) is 1.55. The molecule has 100 valence electrons. The molecule has 1 saturated heterocycles. The van der Waals surface area contributed by atoms with E-state index in [2.05, 4.69) is 0 Å². The first-order valence-electron chi connectivity index (χ1n) is 6.13. The van der Waals surface area contributed by atoms with Crippen molar-refractivity contribution in [2.75, 3.05) is 13.2 Å². The highest BCUT2D eigenvalue weighted by Crippen LogP contribution is 2.18. The molecular weight excluding hydrogens is 253 g/mol. The minimum absolute atomic E-state index is 0.170. The van der Waals surface area contributed by atoms with E-state index in [4.69, 9.17) is 10.5 Å². The topological polar surface area (TPSA) is 52.3 Å². The van der Waals surface area contributed by atoms with Crippen LogP contribution in [0.5, 0.6) is 0 Å². The average Bonchev–Trinajstić information content (AvgIpc) is 2.42. The fourth-order valence-corrected chi connectivity index (χ4v) is 3.56. The van der Waals surface area contributed by atoms with Crippen LogP contribution >= 0.6 is 0 Å². The van der Waals surface area contributed by atoms with E-state index < -0.39 is 10.8 Å². The van der Waals surface area contributed by atoms with Gasteiger partial charge in [-0.3, -0.25) is 4.21 Å². The van der Waals surface area contributed by atoms with Gasteiger partial charge in [0.15, 0.2) is 0 Å². The van der Waals surface area contributed by atoms with Crippen LogP contribution in [-0.4, -0.2) is 22.7 Å². The van der Waals surface area contributed by atoms with E-state index in [1.807, 2.05) is 0 Å². The Kier molecular flexibility index (Phi) is 4.86. The molecule has 2 N–H and O–H groups in total. The Hall–Kier alpha value is -0.780. The number of ether oxygens (including phenoxy) is 1. The first-order chi connectivity index (χ1) is 8.70. The summed E-state index contributed by atoms with van der Waals surface area (Å²) in [6.07, 6.45) is 1.69. The van der Waals surface area contributed by atoms with E-state index in [1.54, 1.807) is 12.1 Å². The fraction of sp³-hybridized carbons (Fsp3) is 0.538. The van der Waals surface area contributed by atoms with Gasteiger partial charge in [-0.2, -0.15) is 0 Å². The third kappa shape index (κ3) is 3.37. The molecule has 5 heteroatoms. The van der Waals surface area contributed by atoms with Gasteiger partial charge in [-0.25, -0.2) is 4.39 Å². The molecule has 1 unspecified atom stereocenters. The lowest BCUT2D eigenvalue weighted by atomic mass is 10.1. The summed E-state index contributed by atoms with van der Waals surface area (Å²) in [4.78, 5) is 0. The van der Waals surface area contributed by atoms with Crippen LogP contribution in [0, 0.1) is 5.82 Å². The zero-order chi connectivity index (χ0) is 13.0. The lowest BCUT2D eigenvalue weighted by Crippen LogP contribution is -2.25. The SMILES string of the molecule is NCc1cc(CS(=O)C2CCOCC2)ccc1F. The van der Waals surface area contributed by atoms with E-state index in [-0.39, 0.29) is 17.6 Å². The summed E-state index contributed by atoms with van der Waals surface area (Å²) in [7, 11) is -0.918. The maximum Gasteiger partial charge on any atom is 0.127 e. The first kappa shape index (κ1) is 13.6. The summed E-state index contributed by atoms with van der Waals surface area (Å²) < 4.78 is 30.7. The van der Waals surface area contributed by atoms with Crippen molar-refractivity contribution in [2.45, 2.75) is 30.4 Å². The summed E-state index contributed by atoms with van der Waals surface area (Å²) in [5.74, 6) is 0.177. The normalized spacial score (nSPS) is 18.8. The van der Waals surface area contributed by atoms with Gasteiger partial charge < -0.3 is 10.5 Å². The molecule has 0 aromatic heterocycles. The number of rotatable bonds is 4. The van der Waals surface area contributed by atoms with Gasteiger partial charge in [-0.1, -0.05) is 12.1 Å². The van der Waals surface area contributed by atoms with E-state index in [0.717, 1.165) is 18.4 Å². The molecule has 0 saturated carbocycles. The third-order valence-corrected chi connectivity index (χ3v) is 5.01. The minimum atomic E-state index is -0.918. The highest BCUT2D eigenvalue weighted by atomic mass is 32.2. The van der Waals surface area contributed by atoms with Gasteiger partial charge >= 0.3 is 0 Å². The minimum Gasteiger partial charge on any atom is -0.381 e. The number of hydrogen-bond donors (Lipinski definition) is 1. The second-order valence-corrected chi connectivity index (χ2v) is 6.18. The molecule has 3 nitrogen and oxygen atoms in total. The van der Waals surface area contributed by atoms with Crippen LogP contribution in [0.1, 0.15) is 24.0 Å². The van der Waals surface area contributed by atoms with E-state index >= 15 is 0 Å². The van der Waals surface area contributed by atoms with Crippen molar-refractivity contribution in [2.24, 2.45) is 5.73 Å². The summed E-state index contributed by atoms with van der Waals surface area (Å²) in [5, 5.41) is 0.199. The Morgan fingerprint density at radius 2 is 2.11 bits per heavy atom. The Bertz CT molecular complexity index is 433. The Morgan fingerprint density at radius 1 is 1.39 bits per heavy atom. The van der Waals surface area contributed by atoms with Gasteiger partial charge in [0, 0.05) is 47.1 Å². The quantitative estimate of drug-likeness (QED) is 0.907. The third-order valence-electron chi connectivity index (χ3n) is 3.18. The molecule has 0 bridgehead atoms. The second kappa shape index (κ2) is 6.41. The number of nitrogens with two attached hydrogens (primary N) is 1. The zero-order valence-corrected chi connectivity index (χ0v) is 11.0. The van der Waals surface area contributed by atoms with Gasteiger partial charge in [0.05, 0.1) is 0 Å². The van der Waals surface area contributed by atoms with Crippen LogP contribution in [0.4, 0.5) is 4.39 Å². The van der Waals surface area contributed by atoms with E-state index in [0.29, 0.717) is 24.5 Å². The van der Waals surface area contributed by atoms with Gasteiger partial charge in [0.25, 0.3) is 0 Å². The Labute approximate surface area is 109 Å². The number of benzene rings is 1. The summed E-state index contributed by atoms with van der Waals surface area (Å²) in [5.41, 5.74) is 6.83. The molecule has 0 spiro atoms. The highest BCUT2D eigenvalue weighted by molar-refractivity contribution is 7.84. The Balaban J connectivity index is 2.02. The molecule has 0 radical (unpaired) electrons. The highest BCUT2D eigenvalue weighted by Gasteiger charge is 2.20. The maximum atomic E-state index is 13.3. The number of hydrogen-bond acceptors (Lipinski definition) is 3. The van der Waals surface area contributed by atoms with Gasteiger partial charge in [0.2, 0.25) is 0 Å². The van der Waals surface area contributed by atoms with Crippen molar-refractivity contribution in [3.8, 4) is 0 Å². The van der Waals surface area contributed by atoms with Gasteiger partial charge in [0.1, 0.15) is 5.82 Å². The largest absolute Gasteiger partial charge is 0.381 e. The van der Waals surface area contributed by atoms with Crippen LogP contribution in [0.2, 0.25) is 0 Å². The molecule has 1 aliphatic rings. The predicted molar refractivity (Wildman–Crippen MR) is 70.0 cm³/mol. The monoisotopic (exact) mass is 271 g/mol. The molecule has 1 aromatic rings. The zero-order valence-electron chi connectivity index (χ0n) is 10.2. The van der Waals surface area contributed by atoms with E-state index in [9.17, 15) is 8.60 Å². The van der Waals surface area contributed by atoms with Crippen LogP contribution in [-0.2, 0) is 27.8 Å². The average molecular weight is 271 g/mol. The van der Waals surface area contributed by atoms with Gasteiger partial charge in [-0.15, -0.1) is 0 Å². The lowest BCUT2D eigenvalue weighted by Gasteiger charge is -2.21. The molecule has 1 heterocycles. The van der Waals surface area contributed by atoms with Gasteiger partial charge in [-0.05, 0) is 24.5 Å². The summed E-state index contributed by atoms with van der Waals surface area (Å²) >= 11 is 0. The first-order valence-corrected chi connectivity index (χ1v) is 7.51. The van der Waals surface area contributed by atoms with Crippen LogP contribution in [0.3, 0.4) is 0 Å². The van der Waals surface area contributed by atoms with Crippen LogP contribution in [0.15, 0.2) is 18.2 Å². The second-order valence-electron chi connectivity index (χ2n) is 4.47. The fourth-order valence-electron chi connectivity index (χ4n) is 2.10. The molecule has 1 aliphatic heterocycles. The molecule has 0 amide bonds. The molecular formula is C13H18FNO2S. The van der Waals surface area contributed by atoms with Crippen molar-refractivity contribution in [3.05, 3.63) is 35.1 Å². The maximum absolute atomic E-state index is 13.3. The van der Waals surface area contributed by atoms with Crippen molar-refractivity contribution < 1.29 is 13.3 Å². The molecule has 1 aromatic carbocycles. The molecule has 18 heavy (non-hydrogen) atoms. The van der Waals surface area contributed by atoms with Crippen LogP contribution in [0.25, 0.3) is 0 Å². The number of halogens is 1. The molecule has 2 rings (SSSR count). The lowest BCUT2D eigenvalue weighted by molar-refractivity contribution is 0.0992. The smallest absolute Gasteiger partial charge is 0.127 e. The Morgan fingerprint density at radius 3 is 2.78 bits per heavy atom. The van der Waals surface area contributed by atoms with Crippen molar-refractivity contribution in [1.29, 1.82) is 0 Å². The summed E-state index contributed by atoms with van der Waals surface area (Å²) in [6, 6.07) is 4.80. The molecule has 0 aliphatic carbocycles. The van der Waals surface area contributed by atoms with Crippen molar-refractivity contribution >= 4 is 10.8 Å². The predicted octanol–water partition coefficient (Wildman–Crippen LogP) is 1.71. The standard InChI is InChI=1S/C13H18FNO2S/c14-13-2-1-10(7-11(13)8-15)9-18(16)12-3-5-17-6-4-12/h1-2,7,12H,3-6,8-9,15H2. The van der Waals surface area contributed by atoms with Crippen molar-refractivity contribution in [1.82, 2.24) is 0 Å². The van der Waals surface area contributed by atoms with Crippen LogP contribution < -0.4 is 5.73 Å². The molecule has 1 atom stereocenters. The molecule has 1 fully saturated rings.